The molecule has 1 fully saturated rings. The van der Waals surface area contributed by atoms with Crippen LogP contribution in [-0.2, 0) is 0 Å². The summed E-state index contributed by atoms with van der Waals surface area (Å²) in [5, 5.41) is 3.13. The van der Waals surface area contributed by atoms with E-state index in [1.165, 1.54) is 32.1 Å². The SMILES string of the molecule is NCC(NC(=O)c1ccc2ncsc2c1)C1CCCCC1. The summed E-state index contributed by atoms with van der Waals surface area (Å²) in [7, 11) is 0. The number of aromatic nitrogens is 1. The maximum Gasteiger partial charge on any atom is 0.251 e. The fourth-order valence-corrected chi connectivity index (χ4v) is 3.87. The molecule has 21 heavy (non-hydrogen) atoms. The van der Waals surface area contributed by atoms with Crippen molar-refractivity contribution in [2.75, 3.05) is 6.54 Å². The highest BCUT2D eigenvalue weighted by Gasteiger charge is 2.24. The summed E-state index contributed by atoms with van der Waals surface area (Å²) in [6, 6.07) is 5.75. The predicted octanol–water partition coefficient (Wildman–Crippen LogP) is 2.93. The van der Waals surface area contributed by atoms with Gasteiger partial charge >= 0.3 is 0 Å². The van der Waals surface area contributed by atoms with Gasteiger partial charge in [-0.05, 0) is 37.0 Å². The number of nitrogens with zero attached hydrogens (tertiary/aromatic N) is 1. The van der Waals surface area contributed by atoms with Crippen molar-refractivity contribution >= 4 is 27.5 Å². The smallest absolute Gasteiger partial charge is 0.251 e. The number of nitrogens with two attached hydrogens (primary N) is 1. The topological polar surface area (TPSA) is 68.0 Å². The van der Waals surface area contributed by atoms with Gasteiger partial charge in [0.2, 0.25) is 0 Å². The lowest BCUT2D eigenvalue weighted by molar-refractivity contribution is 0.0915. The monoisotopic (exact) mass is 303 g/mol. The minimum absolute atomic E-state index is 0.0219. The highest BCUT2D eigenvalue weighted by atomic mass is 32.1. The summed E-state index contributed by atoms with van der Waals surface area (Å²) in [6.07, 6.45) is 6.17. The molecule has 1 aliphatic carbocycles. The molecule has 0 radical (unpaired) electrons. The van der Waals surface area contributed by atoms with Crippen LogP contribution in [0.3, 0.4) is 0 Å². The van der Waals surface area contributed by atoms with E-state index >= 15 is 0 Å². The summed E-state index contributed by atoms with van der Waals surface area (Å²) in [6.45, 7) is 0.513. The van der Waals surface area contributed by atoms with Crippen molar-refractivity contribution in [3.05, 3.63) is 29.3 Å². The van der Waals surface area contributed by atoms with Gasteiger partial charge in [-0.2, -0.15) is 0 Å². The molecule has 0 aliphatic heterocycles. The molecule has 1 saturated carbocycles. The van der Waals surface area contributed by atoms with Gasteiger partial charge in [-0.25, -0.2) is 4.98 Å². The number of thiazole rings is 1. The first-order valence-electron chi connectivity index (χ1n) is 7.62. The second kappa shape index (κ2) is 6.54. The molecule has 112 valence electrons. The van der Waals surface area contributed by atoms with Crippen LogP contribution >= 0.6 is 11.3 Å². The van der Waals surface area contributed by atoms with Gasteiger partial charge in [0.25, 0.3) is 5.91 Å². The van der Waals surface area contributed by atoms with Gasteiger partial charge < -0.3 is 11.1 Å². The van der Waals surface area contributed by atoms with E-state index in [1.807, 2.05) is 18.2 Å². The molecule has 5 heteroatoms. The first-order valence-corrected chi connectivity index (χ1v) is 8.50. The number of carbonyl (C=O) groups is 1. The molecule has 2 aromatic rings. The zero-order valence-corrected chi connectivity index (χ0v) is 12.9. The largest absolute Gasteiger partial charge is 0.348 e. The lowest BCUT2D eigenvalue weighted by atomic mass is 9.84. The number of fused-ring (bicyclic) bond motifs is 1. The number of nitrogens with one attached hydrogen (secondary N) is 1. The molecule has 4 nitrogen and oxygen atoms in total. The van der Waals surface area contributed by atoms with Crippen LogP contribution in [0.1, 0.15) is 42.5 Å². The molecule has 0 saturated heterocycles. The number of hydrogen-bond acceptors (Lipinski definition) is 4. The van der Waals surface area contributed by atoms with Crippen molar-refractivity contribution < 1.29 is 4.79 Å². The Morgan fingerprint density at radius 2 is 2.19 bits per heavy atom. The second-order valence-electron chi connectivity index (χ2n) is 5.75. The van der Waals surface area contributed by atoms with Crippen molar-refractivity contribution in [1.29, 1.82) is 0 Å². The van der Waals surface area contributed by atoms with Gasteiger partial charge in [-0.3, -0.25) is 4.79 Å². The van der Waals surface area contributed by atoms with Crippen molar-refractivity contribution in [3.8, 4) is 0 Å². The summed E-state index contributed by atoms with van der Waals surface area (Å²) in [5.41, 5.74) is 9.32. The molecule has 0 spiro atoms. The lowest BCUT2D eigenvalue weighted by Gasteiger charge is -2.30. The Balaban J connectivity index is 1.71. The van der Waals surface area contributed by atoms with Gasteiger partial charge in [0.1, 0.15) is 0 Å². The molecule has 1 amide bonds. The lowest BCUT2D eigenvalue weighted by Crippen LogP contribution is -2.45. The highest BCUT2D eigenvalue weighted by molar-refractivity contribution is 7.16. The molecule has 1 aromatic carbocycles. The Hall–Kier alpha value is -1.46. The van der Waals surface area contributed by atoms with E-state index in [0.717, 1.165) is 10.2 Å². The Bertz CT molecular complexity index is 619. The first kappa shape index (κ1) is 14.5. The van der Waals surface area contributed by atoms with Crippen LogP contribution in [0.15, 0.2) is 23.7 Å². The fraction of sp³-hybridized carbons (Fsp3) is 0.500. The average Bonchev–Trinajstić information content (AvgIpc) is 3.00. The van der Waals surface area contributed by atoms with Gasteiger partial charge in [0.15, 0.2) is 0 Å². The van der Waals surface area contributed by atoms with Crippen LogP contribution in [0.4, 0.5) is 0 Å². The van der Waals surface area contributed by atoms with Crippen LogP contribution < -0.4 is 11.1 Å². The molecule has 3 N–H and O–H groups in total. The minimum Gasteiger partial charge on any atom is -0.348 e. The van der Waals surface area contributed by atoms with Gasteiger partial charge in [0, 0.05) is 18.2 Å². The Kier molecular flexibility index (Phi) is 4.51. The van der Waals surface area contributed by atoms with Crippen LogP contribution in [0.2, 0.25) is 0 Å². The van der Waals surface area contributed by atoms with E-state index in [-0.39, 0.29) is 11.9 Å². The standard InChI is InChI=1S/C16H21N3OS/c17-9-14(11-4-2-1-3-5-11)19-16(20)12-6-7-13-15(8-12)21-10-18-13/h6-8,10-11,14H,1-5,9,17H2,(H,19,20). The van der Waals surface area contributed by atoms with E-state index in [0.29, 0.717) is 18.0 Å². The summed E-state index contributed by atoms with van der Waals surface area (Å²) >= 11 is 1.56. The van der Waals surface area contributed by atoms with Crippen LogP contribution in [0, 0.1) is 5.92 Å². The van der Waals surface area contributed by atoms with Gasteiger partial charge in [-0.1, -0.05) is 19.3 Å². The fourth-order valence-electron chi connectivity index (χ4n) is 3.15. The third-order valence-corrected chi connectivity index (χ3v) is 5.17. The average molecular weight is 303 g/mol. The summed E-state index contributed by atoms with van der Waals surface area (Å²) in [4.78, 5) is 16.7. The van der Waals surface area contributed by atoms with E-state index < -0.39 is 0 Å². The van der Waals surface area contributed by atoms with Crippen molar-refractivity contribution in [3.63, 3.8) is 0 Å². The summed E-state index contributed by atoms with van der Waals surface area (Å²) in [5.74, 6) is 0.506. The normalized spacial score (nSPS) is 17.8. The van der Waals surface area contributed by atoms with Crippen molar-refractivity contribution in [1.82, 2.24) is 10.3 Å². The molecule has 1 heterocycles. The Labute approximate surface area is 128 Å². The number of rotatable bonds is 4. The molecule has 1 atom stereocenters. The van der Waals surface area contributed by atoms with Crippen LogP contribution in [0.25, 0.3) is 10.2 Å². The van der Waals surface area contributed by atoms with Crippen LogP contribution in [-0.4, -0.2) is 23.5 Å². The van der Waals surface area contributed by atoms with Crippen molar-refractivity contribution in [2.45, 2.75) is 38.1 Å². The zero-order chi connectivity index (χ0) is 14.7. The molecular weight excluding hydrogens is 282 g/mol. The maximum atomic E-state index is 12.4. The van der Waals surface area contributed by atoms with E-state index in [9.17, 15) is 4.79 Å². The van der Waals surface area contributed by atoms with E-state index in [4.69, 9.17) is 5.73 Å². The van der Waals surface area contributed by atoms with Crippen LogP contribution in [0.5, 0.6) is 0 Å². The number of carbonyl (C=O) groups excluding carboxylic acids is 1. The molecule has 1 unspecified atom stereocenters. The number of amides is 1. The van der Waals surface area contributed by atoms with E-state index in [2.05, 4.69) is 10.3 Å². The number of benzene rings is 1. The van der Waals surface area contributed by atoms with E-state index in [1.54, 1.807) is 16.8 Å². The molecule has 1 aromatic heterocycles. The third kappa shape index (κ3) is 3.24. The molecular formula is C16H21N3OS. The quantitative estimate of drug-likeness (QED) is 0.912. The molecule has 0 bridgehead atoms. The third-order valence-electron chi connectivity index (χ3n) is 4.38. The minimum atomic E-state index is -0.0219. The van der Waals surface area contributed by atoms with Gasteiger partial charge in [-0.15, -0.1) is 11.3 Å². The molecule has 3 rings (SSSR count). The predicted molar refractivity (Wildman–Crippen MR) is 86.5 cm³/mol. The first-order chi connectivity index (χ1) is 10.3. The Morgan fingerprint density at radius 1 is 1.38 bits per heavy atom. The summed E-state index contributed by atoms with van der Waals surface area (Å²) < 4.78 is 1.05. The highest BCUT2D eigenvalue weighted by Crippen LogP contribution is 2.26. The molecule has 1 aliphatic rings. The maximum absolute atomic E-state index is 12.4. The Morgan fingerprint density at radius 3 is 2.95 bits per heavy atom. The zero-order valence-electron chi connectivity index (χ0n) is 12.0. The van der Waals surface area contributed by atoms with Gasteiger partial charge in [0.05, 0.1) is 15.7 Å². The second-order valence-corrected chi connectivity index (χ2v) is 6.63. The van der Waals surface area contributed by atoms with Crippen molar-refractivity contribution in [2.24, 2.45) is 11.7 Å². The number of hydrogen-bond donors (Lipinski definition) is 2.